The van der Waals surface area contributed by atoms with Crippen molar-refractivity contribution in [2.45, 2.75) is 51.4 Å². The number of ketones is 4. The Kier molecular flexibility index (Phi) is 12.0. The molecule has 0 fully saturated rings. The van der Waals surface area contributed by atoms with Crippen molar-refractivity contribution in [1.29, 1.82) is 0 Å². The molecule has 3 atom stereocenters. The molecule has 0 bridgehead atoms. The Morgan fingerprint density at radius 2 is 1.14 bits per heavy atom. The van der Waals surface area contributed by atoms with Crippen LogP contribution in [0.25, 0.3) is 0 Å². The highest BCUT2D eigenvalue weighted by molar-refractivity contribution is 7.71. The average Bonchev–Trinajstić information content (AvgIpc) is 4.00. The second kappa shape index (κ2) is 16.9. The number of fused-ring (bicyclic) bond motifs is 4. The summed E-state index contributed by atoms with van der Waals surface area (Å²) >= 11 is 5.00. The number of hydrogen-bond donors (Lipinski definition) is 2. The zero-order valence-corrected chi connectivity index (χ0v) is 31.2. The number of methoxy groups -OCH3 is 1. The average molecular weight is 785 g/mol. The molecule has 0 saturated heterocycles. The number of carbonyl (C=O) groups excluding carboxylic acids is 5. The fourth-order valence-electron chi connectivity index (χ4n) is 7.40. The molecule has 4 aliphatic carbocycles. The molecular formula is C43H36F4N2O6S. The second-order valence-corrected chi connectivity index (χ2v) is 14.3. The molecule has 5 aromatic rings. The molecular weight excluding hydrogens is 749 g/mol. The molecule has 4 aromatic carbocycles. The van der Waals surface area contributed by atoms with Crippen molar-refractivity contribution < 1.29 is 46.3 Å². The molecule has 8 nitrogen and oxygen atoms in total. The van der Waals surface area contributed by atoms with Crippen LogP contribution in [0.3, 0.4) is 0 Å². The van der Waals surface area contributed by atoms with Crippen LogP contribution >= 0.6 is 12.2 Å². The van der Waals surface area contributed by atoms with Crippen LogP contribution < -0.4 is 0 Å². The Balaban J connectivity index is 0.000000128. The molecule has 2 N–H and O–H groups in total. The molecule has 1 aromatic heterocycles. The van der Waals surface area contributed by atoms with Gasteiger partial charge in [0.15, 0.2) is 22.1 Å². The number of aryl methyl sites for hydroxylation is 1. The van der Waals surface area contributed by atoms with Crippen molar-refractivity contribution in [3.05, 3.63) is 157 Å². The summed E-state index contributed by atoms with van der Waals surface area (Å²) in [5.74, 6) is -3.18. The maximum atomic E-state index is 13.1. The summed E-state index contributed by atoms with van der Waals surface area (Å²) < 4.78 is 56.5. The van der Waals surface area contributed by atoms with Gasteiger partial charge in [0.05, 0.1) is 13.0 Å². The van der Waals surface area contributed by atoms with Gasteiger partial charge in [-0.2, -0.15) is 0 Å². The summed E-state index contributed by atoms with van der Waals surface area (Å²) in [6.45, 7) is 1.39. The van der Waals surface area contributed by atoms with Crippen LogP contribution in [-0.4, -0.2) is 46.2 Å². The zero-order valence-electron chi connectivity index (χ0n) is 30.3. The molecule has 0 aliphatic heterocycles. The van der Waals surface area contributed by atoms with E-state index in [-0.39, 0.29) is 47.0 Å². The fourth-order valence-corrected chi connectivity index (χ4v) is 7.58. The van der Waals surface area contributed by atoms with Gasteiger partial charge in [0.1, 0.15) is 35.0 Å². The van der Waals surface area contributed by atoms with Gasteiger partial charge >= 0.3 is 5.97 Å². The molecule has 0 saturated carbocycles. The molecule has 1 heterocycles. The SMILES string of the molecule is CC(=O)C1Cc2cc(F)ccc2C1=O.COC(=O)C1Cc2cc(F)ccc2C1=O.Fc1ccc2c(c1)CC(c1c[nH]c(=S)[nH]1)C2.O=C1CCc2cc(F)ccc21. The van der Waals surface area contributed by atoms with Gasteiger partial charge in [0.2, 0.25) is 0 Å². The predicted octanol–water partition coefficient (Wildman–Crippen LogP) is 8.17. The van der Waals surface area contributed by atoms with E-state index in [1.54, 1.807) is 12.1 Å². The third kappa shape index (κ3) is 8.83. The number of benzene rings is 4. The summed E-state index contributed by atoms with van der Waals surface area (Å²) in [6.07, 6.45) is 5.58. The Bertz CT molecular complexity index is 2440. The smallest absolute Gasteiger partial charge is 0.316 e. The molecule has 0 spiro atoms. The van der Waals surface area contributed by atoms with Crippen LogP contribution in [0.1, 0.15) is 83.8 Å². The first-order valence-corrected chi connectivity index (χ1v) is 18.2. The lowest BCUT2D eigenvalue weighted by atomic mass is 10.0. The van der Waals surface area contributed by atoms with Crippen LogP contribution in [0.15, 0.2) is 79.0 Å². The summed E-state index contributed by atoms with van der Waals surface area (Å²) in [7, 11) is 1.24. The second-order valence-electron chi connectivity index (χ2n) is 13.9. The fraction of sp³-hybridized carbons (Fsp3) is 0.256. The Morgan fingerprint density at radius 3 is 1.70 bits per heavy atom. The topological polar surface area (TPSA) is 126 Å². The first-order chi connectivity index (χ1) is 26.7. The monoisotopic (exact) mass is 784 g/mol. The largest absolute Gasteiger partial charge is 0.468 e. The van der Waals surface area contributed by atoms with Gasteiger partial charge in [0, 0.05) is 40.9 Å². The quantitative estimate of drug-likeness (QED) is 0.0819. The summed E-state index contributed by atoms with van der Waals surface area (Å²) in [5.41, 5.74) is 7.17. The number of ether oxygens (including phenoxy) is 1. The molecule has 288 valence electrons. The highest BCUT2D eigenvalue weighted by Gasteiger charge is 2.37. The lowest BCUT2D eigenvalue weighted by Crippen LogP contribution is -2.21. The highest BCUT2D eigenvalue weighted by Crippen LogP contribution is 2.33. The maximum Gasteiger partial charge on any atom is 0.316 e. The summed E-state index contributed by atoms with van der Waals surface area (Å²) in [5, 5.41) is 0. The number of H-pyrrole nitrogens is 2. The maximum absolute atomic E-state index is 13.1. The van der Waals surface area contributed by atoms with Crippen LogP contribution in [0, 0.1) is 39.9 Å². The van der Waals surface area contributed by atoms with E-state index in [2.05, 4.69) is 14.7 Å². The molecule has 0 radical (unpaired) electrons. The number of aromatic nitrogens is 2. The minimum Gasteiger partial charge on any atom is -0.468 e. The highest BCUT2D eigenvalue weighted by atomic mass is 32.1. The first kappa shape index (κ1) is 39.9. The van der Waals surface area contributed by atoms with E-state index < -0.39 is 23.6 Å². The Morgan fingerprint density at radius 1 is 0.643 bits per heavy atom. The van der Waals surface area contributed by atoms with E-state index in [0.29, 0.717) is 57.8 Å². The Hall–Kier alpha value is -5.82. The molecule has 13 heteroatoms. The van der Waals surface area contributed by atoms with Crippen LogP contribution in [0.4, 0.5) is 17.6 Å². The number of nitrogens with one attached hydrogen (secondary N) is 2. The van der Waals surface area contributed by atoms with Crippen molar-refractivity contribution in [2.75, 3.05) is 7.11 Å². The van der Waals surface area contributed by atoms with Crippen molar-refractivity contribution in [2.24, 2.45) is 11.8 Å². The summed E-state index contributed by atoms with van der Waals surface area (Å²) in [6, 6.07) is 17.3. The van der Waals surface area contributed by atoms with Gasteiger partial charge in [-0.3, -0.25) is 24.0 Å². The third-order valence-corrected chi connectivity index (χ3v) is 10.5. The Labute approximate surface area is 324 Å². The van der Waals surface area contributed by atoms with E-state index in [1.165, 1.54) is 74.2 Å². The number of Topliss-reactive ketones (excluding diaryl/α,β-unsaturated/α-hetero) is 4. The first-order valence-electron chi connectivity index (χ1n) is 17.8. The number of esters is 1. The minimum atomic E-state index is -0.799. The standard InChI is InChI=1S/C12H11FN2S.C11H9FO3.C11H9FO2.C9H7FO/c13-10-2-1-7-3-9(4-8(7)5-10)11-6-14-12(16)15-11;1-15-11(14)9-5-6-4-7(12)2-3-8(6)10(9)13;1-6(13)10-5-7-4-8(12)2-3-9(7)11(10)14;10-7-2-3-8-6(5-7)1-4-9(8)11/h1-2,5-6,9H,3-4H2,(H2,14,15,16);2-4,9H,5H2,1H3;2-4,10H,5H2,1H3;2-3,5H,1,4H2. The van der Waals surface area contributed by atoms with Crippen LogP contribution in [-0.2, 0) is 46.4 Å². The van der Waals surface area contributed by atoms with Gasteiger partial charge in [-0.05, 0) is 146 Å². The lowest BCUT2D eigenvalue weighted by Gasteiger charge is -2.04. The number of aromatic amines is 2. The molecule has 3 unspecified atom stereocenters. The van der Waals surface area contributed by atoms with Gasteiger partial charge < -0.3 is 14.7 Å². The number of halogens is 4. The zero-order chi connectivity index (χ0) is 40.3. The van der Waals surface area contributed by atoms with Crippen LogP contribution in [0.5, 0.6) is 0 Å². The normalized spacial score (nSPS) is 18.2. The van der Waals surface area contributed by atoms with Crippen molar-refractivity contribution in [3.63, 3.8) is 0 Å². The molecule has 0 amide bonds. The van der Waals surface area contributed by atoms with E-state index in [9.17, 15) is 41.5 Å². The number of rotatable bonds is 3. The predicted molar refractivity (Wildman–Crippen MR) is 200 cm³/mol. The van der Waals surface area contributed by atoms with Crippen molar-refractivity contribution >= 4 is 41.3 Å². The molecule has 9 rings (SSSR count). The van der Waals surface area contributed by atoms with E-state index in [1.807, 2.05) is 12.3 Å². The number of hydrogen-bond acceptors (Lipinski definition) is 7. The molecule has 4 aliphatic rings. The number of imidazole rings is 1. The minimum absolute atomic E-state index is 0.139. The molecule has 56 heavy (non-hydrogen) atoms. The van der Waals surface area contributed by atoms with Crippen molar-refractivity contribution in [3.8, 4) is 0 Å². The van der Waals surface area contributed by atoms with Gasteiger partial charge in [-0.15, -0.1) is 0 Å². The van der Waals surface area contributed by atoms with Crippen LogP contribution in [0.2, 0.25) is 0 Å². The van der Waals surface area contributed by atoms with Gasteiger partial charge in [-0.25, -0.2) is 17.6 Å². The van der Waals surface area contributed by atoms with Gasteiger partial charge in [-0.1, -0.05) is 6.07 Å². The lowest BCUT2D eigenvalue weighted by molar-refractivity contribution is -0.143. The van der Waals surface area contributed by atoms with Gasteiger partial charge in [0.25, 0.3) is 0 Å². The van der Waals surface area contributed by atoms with Crippen molar-refractivity contribution in [1.82, 2.24) is 9.97 Å². The van der Waals surface area contributed by atoms with E-state index >= 15 is 0 Å². The number of carbonyl (C=O) groups is 5. The summed E-state index contributed by atoms with van der Waals surface area (Å²) in [4.78, 5) is 62.8. The third-order valence-electron chi connectivity index (χ3n) is 10.3. The van der Waals surface area contributed by atoms with E-state index in [0.717, 1.165) is 29.7 Å². The van der Waals surface area contributed by atoms with E-state index in [4.69, 9.17) is 12.2 Å².